The fourth-order valence-corrected chi connectivity index (χ4v) is 3.52. The van der Waals surface area contributed by atoms with Crippen molar-refractivity contribution in [2.75, 3.05) is 19.6 Å². The van der Waals surface area contributed by atoms with Gasteiger partial charge in [-0.25, -0.2) is 4.79 Å². The van der Waals surface area contributed by atoms with Crippen molar-refractivity contribution in [1.82, 2.24) is 10.2 Å². The van der Waals surface area contributed by atoms with E-state index < -0.39 is 11.9 Å². The van der Waals surface area contributed by atoms with Crippen molar-refractivity contribution in [2.24, 2.45) is 5.92 Å². The molecule has 1 aromatic rings. The molecule has 0 radical (unpaired) electrons. The van der Waals surface area contributed by atoms with Crippen molar-refractivity contribution < 1.29 is 14.7 Å². The lowest BCUT2D eigenvalue weighted by atomic mass is 9.76. The smallest absolute Gasteiger partial charge is 0.317 e. The van der Waals surface area contributed by atoms with Gasteiger partial charge in [0.1, 0.15) is 0 Å². The van der Waals surface area contributed by atoms with Gasteiger partial charge in [-0.1, -0.05) is 44.2 Å². The summed E-state index contributed by atoms with van der Waals surface area (Å²) in [4.78, 5) is 25.3. The molecule has 2 amide bonds. The number of carboxylic acid groups (broad SMARTS) is 1. The zero-order valence-electron chi connectivity index (χ0n) is 14.6. The molecule has 2 N–H and O–H groups in total. The first kappa shape index (κ1) is 18.3. The van der Waals surface area contributed by atoms with Gasteiger partial charge in [0.25, 0.3) is 0 Å². The Morgan fingerprint density at radius 1 is 1.25 bits per heavy atom. The summed E-state index contributed by atoms with van der Waals surface area (Å²) in [6.07, 6.45) is 3.27. The number of amides is 2. The molecule has 1 aliphatic rings. The zero-order chi connectivity index (χ0) is 17.6. The number of nitrogens with zero attached hydrogens (tertiary/aromatic N) is 1. The number of likely N-dealkylation sites (tertiary alicyclic amines) is 1. The van der Waals surface area contributed by atoms with Crippen LogP contribution in [0.15, 0.2) is 30.3 Å². The molecule has 0 bridgehead atoms. The van der Waals surface area contributed by atoms with Crippen molar-refractivity contribution in [3.8, 4) is 0 Å². The third-order valence-electron chi connectivity index (χ3n) is 5.38. The molecule has 24 heavy (non-hydrogen) atoms. The SMILES string of the molecule is CCC(CC)(CNC(=O)N1CCCC(C(=O)O)C1)c1ccccc1. The molecule has 1 unspecified atom stereocenters. The zero-order valence-corrected chi connectivity index (χ0v) is 14.6. The maximum atomic E-state index is 12.5. The van der Waals surface area contributed by atoms with Gasteiger partial charge >= 0.3 is 12.0 Å². The predicted octanol–water partition coefficient (Wildman–Crippen LogP) is 3.25. The van der Waals surface area contributed by atoms with Crippen LogP contribution in [0, 0.1) is 5.92 Å². The first-order valence-corrected chi connectivity index (χ1v) is 8.83. The van der Waals surface area contributed by atoms with Gasteiger partial charge in [0.15, 0.2) is 0 Å². The molecule has 2 rings (SSSR count). The molecule has 1 aliphatic heterocycles. The summed E-state index contributed by atoms with van der Waals surface area (Å²) < 4.78 is 0. The first-order valence-electron chi connectivity index (χ1n) is 8.83. The molecular weight excluding hydrogens is 304 g/mol. The van der Waals surface area contributed by atoms with Crippen LogP contribution in [0.1, 0.15) is 45.1 Å². The summed E-state index contributed by atoms with van der Waals surface area (Å²) in [5.41, 5.74) is 1.15. The average molecular weight is 332 g/mol. The van der Waals surface area contributed by atoms with E-state index in [0.717, 1.165) is 19.3 Å². The van der Waals surface area contributed by atoms with E-state index in [9.17, 15) is 9.59 Å². The molecule has 1 saturated heterocycles. The number of rotatable bonds is 6. The summed E-state index contributed by atoms with van der Waals surface area (Å²) >= 11 is 0. The number of piperidine rings is 1. The molecule has 1 aromatic carbocycles. The minimum atomic E-state index is -0.812. The fraction of sp³-hybridized carbons (Fsp3) is 0.579. The minimum Gasteiger partial charge on any atom is -0.481 e. The van der Waals surface area contributed by atoms with Crippen LogP contribution in [0.4, 0.5) is 4.79 Å². The van der Waals surface area contributed by atoms with E-state index in [0.29, 0.717) is 26.1 Å². The normalized spacial score (nSPS) is 18.2. The number of aliphatic carboxylic acids is 1. The Kier molecular flexibility index (Phi) is 6.23. The Morgan fingerprint density at radius 2 is 1.92 bits per heavy atom. The Balaban J connectivity index is 2.01. The second kappa shape index (κ2) is 8.18. The van der Waals surface area contributed by atoms with Crippen LogP contribution in [0.5, 0.6) is 0 Å². The van der Waals surface area contributed by atoms with Crippen LogP contribution in [0.2, 0.25) is 0 Å². The lowest BCUT2D eigenvalue weighted by Gasteiger charge is -2.35. The molecule has 0 saturated carbocycles. The molecule has 0 spiro atoms. The highest BCUT2D eigenvalue weighted by Gasteiger charge is 2.31. The Bertz CT molecular complexity index is 555. The van der Waals surface area contributed by atoms with Gasteiger partial charge in [-0.2, -0.15) is 0 Å². The molecular formula is C19H28N2O3. The van der Waals surface area contributed by atoms with Crippen LogP contribution in [0.3, 0.4) is 0 Å². The van der Waals surface area contributed by atoms with Crippen molar-refractivity contribution >= 4 is 12.0 Å². The number of urea groups is 1. The number of benzene rings is 1. The van der Waals surface area contributed by atoms with E-state index >= 15 is 0 Å². The second-order valence-electron chi connectivity index (χ2n) is 6.64. The Morgan fingerprint density at radius 3 is 2.50 bits per heavy atom. The Hall–Kier alpha value is -2.04. The van der Waals surface area contributed by atoms with Crippen molar-refractivity contribution in [3.63, 3.8) is 0 Å². The number of carbonyl (C=O) groups is 2. The predicted molar refractivity (Wildman–Crippen MR) is 94.0 cm³/mol. The Labute approximate surface area is 144 Å². The van der Waals surface area contributed by atoms with Crippen LogP contribution >= 0.6 is 0 Å². The maximum absolute atomic E-state index is 12.5. The standard InChI is InChI=1S/C19H28N2O3/c1-3-19(4-2,16-10-6-5-7-11-16)14-20-18(24)21-12-8-9-15(13-21)17(22)23/h5-7,10-11,15H,3-4,8-9,12-14H2,1-2H3,(H,20,24)(H,22,23). The molecule has 1 atom stereocenters. The highest BCUT2D eigenvalue weighted by molar-refractivity contribution is 5.76. The van der Waals surface area contributed by atoms with Crippen molar-refractivity contribution in [1.29, 1.82) is 0 Å². The van der Waals surface area contributed by atoms with Gasteiger partial charge in [0, 0.05) is 25.0 Å². The quantitative estimate of drug-likeness (QED) is 0.840. The van der Waals surface area contributed by atoms with E-state index in [4.69, 9.17) is 5.11 Å². The third kappa shape index (κ3) is 4.08. The summed E-state index contributed by atoms with van der Waals surface area (Å²) in [7, 11) is 0. The highest BCUT2D eigenvalue weighted by atomic mass is 16.4. The number of hydrogen-bond donors (Lipinski definition) is 2. The molecule has 0 aliphatic carbocycles. The summed E-state index contributed by atoms with van der Waals surface area (Å²) in [6, 6.07) is 10.1. The minimum absolute atomic E-state index is 0.0844. The van der Waals surface area contributed by atoms with E-state index in [1.807, 2.05) is 18.2 Å². The van der Waals surface area contributed by atoms with Crippen LogP contribution in [-0.2, 0) is 10.2 Å². The number of carbonyl (C=O) groups excluding carboxylic acids is 1. The number of hydrogen-bond acceptors (Lipinski definition) is 2. The van der Waals surface area contributed by atoms with Gasteiger partial charge in [-0.3, -0.25) is 4.79 Å². The number of nitrogens with one attached hydrogen (secondary N) is 1. The van der Waals surface area contributed by atoms with E-state index in [1.165, 1.54) is 5.56 Å². The van der Waals surface area contributed by atoms with Crippen LogP contribution in [0.25, 0.3) is 0 Å². The topological polar surface area (TPSA) is 69.6 Å². The van der Waals surface area contributed by atoms with Gasteiger partial charge in [0.2, 0.25) is 0 Å². The van der Waals surface area contributed by atoms with Crippen molar-refractivity contribution in [2.45, 2.75) is 44.9 Å². The van der Waals surface area contributed by atoms with E-state index in [2.05, 4.69) is 31.3 Å². The van der Waals surface area contributed by atoms with Gasteiger partial charge in [-0.15, -0.1) is 0 Å². The van der Waals surface area contributed by atoms with Gasteiger partial charge < -0.3 is 15.3 Å². The van der Waals surface area contributed by atoms with Gasteiger partial charge in [-0.05, 0) is 31.2 Å². The number of carboxylic acids is 1. The molecule has 132 valence electrons. The second-order valence-corrected chi connectivity index (χ2v) is 6.64. The maximum Gasteiger partial charge on any atom is 0.317 e. The lowest BCUT2D eigenvalue weighted by Crippen LogP contribution is -2.50. The lowest BCUT2D eigenvalue weighted by molar-refractivity contribution is -0.143. The largest absolute Gasteiger partial charge is 0.481 e. The van der Waals surface area contributed by atoms with Crippen molar-refractivity contribution in [3.05, 3.63) is 35.9 Å². The molecule has 1 heterocycles. The fourth-order valence-electron chi connectivity index (χ4n) is 3.52. The summed E-state index contributed by atoms with van der Waals surface area (Å²) in [5, 5.41) is 12.2. The van der Waals surface area contributed by atoms with E-state index in [-0.39, 0.29) is 11.4 Å². The molecule has 5 heteroatoms. The van der Waals surface area contributed by atoms with Crippen LogP contribution < -0.4 is 5.32 Å². The molecule has 0 aromatic heterocycles. The highest BCUT2D eigenvalue weighted by Crippen LogP contribution is 2.31. The average Bonchev–Trinajstić information content (AvgIpc) is 2.63. The van der Waals surface area contributed by atoms with Gasteiger partial charge in [0.05, 0.1) is 5.92 Å². The van der Waals surface area contributed by atoms with Crippen LogP contribution in [-0.4, -0.2) is 41.6 Å². The molecule has 5 nitrogen and oxygen atoms in total. The summed E-state index contributed by atoms with van der Waals surface area (Å²) in [6.45, 7) is 5.79. The molecule has 1 fully saturated rings. The first-order chi connectivity index (χ1) is 11.5. The monoisotopic (exact) mass is 332 g/mol. The third-order valence-corrected chi connectivity index (χ3v) is 5.38. The summed E-state index contributed by atoms with van der Waals surface area (Å²) in [5.74, 6) is -1.26. The van der Waals surface area contributed by atoms with E-state index in [1.54, 1.807) is 4.90 Å².